The van der Waals surface area contributed by atoms with Crippen LogP contribution in [0.5, 0.6) is 0 Å². The van der Waals surface area contributed by atoms with Crippen LogP contribution in [-0.4, -0.2) is 12.6 Å². The summed E-state index contributed by atoms with van der Waals surface area (Å²) in [6.07, 6.45) is 5.56. The van der Waals surface area contributed by atoms with Crippen molar-refractivity contribution in [2.24, 2.45) is 5.92 Å². The normalized spacial score (nSPS) is 9.30. The molecule has 0 saturated carbocycles. The zero-order valence-corrected chi connectivity index (χ0v) is 5.95. The van der Waals surface area contributed by atoms with Gasteiger partial charge in [0.1, 0.15) is 12.6 Å². The van der Waals surface area contributed by atoms with Crippen molar-refractivity contribution < 1.29 is 9.59 Å². The molecule has 56 valence electrons. The quantitative estimate of drug-likeness (QED) is 0.241. The van der Waals surface area contributed by atoms with Crippen LogP contribution >= 0.6 is 0 Å². The Morgan fingerprint density at radius 1 is 1.30 bits per heavy atom. The second-order valence-electron chi connectivity index (χ2n) is 2.16. The topological polar surface area (TPSA) is 34.1 Å². The number of allylic oxidation sites excluding steroid dienone is 1. The van der Waals surface area contributed by atoms with Gasteiger partial charge in [-0.1, -0.05) is 6.08 Å². The Kier molecular flexibility index (Phi) is 5.63. The van der Waals surface area contributed by atoms with Gasteiger partial charge in [0.2, 0.25) is 0 Å². The molecule has 0 radical (unpaired) electrons. The molecule has 0 aliphatic carbocycles. The lowest BCUT2D eigenvalue weighted by molar-refractivity contribution is -0.119. The van der Waals surface area contributed by atoms with Crippen LogP contribution in [0.25, 0.3) is 0 Å². The highest BCUT2D eigenvalue weighted by atomic mass is 16.1. The summed E-state index contributed by atoms with van der Waals surface area (Å²) in [5.74, 6) is -0.403. The molecular formula is C8H12O2. The summed E-state index contributed by atoms with van der Waals surface area (Å²) in [4.78, 5) is 20.1. The molecule has 0 aromatic heterocycles. The molecular weight excluding hydrogens is 128 g/mol. The van der Waals surface area contributed by atoms with Crippen LogP contribution < -0.4 is 0 Å². The molecule has 0 saturated heterocycles. The molecule has 0 spiro atoms. The lowest BCUT2D eigenvalue weighted by Crippen LogP contribution is -2.02. The number of hydrogen-bond acceptors (Lipinski definition) is 2. The van der Waals surface area contributed by atoms with E-state index in [2.05, 4.69) is 6.58 Å². The number of unbranched alkanes of at least 4 members (excludes halogenated alkanes) is 1. The van der Waals surface area contributed by atoms with Crippen molar-refractivity contribution in [3.05, 3.63) is 12.7 Å². The maximum atomic E-state index is 10.1. The molecule has 2 heteroatoms. The van der Waals surface area contributed by atoms with Gasteiger partial charge in [-0.25, -0.2) is 0 Å². The summed E-state index contributed by atoms with van der Waals surface area (Å²) in [5, 5.41) is 0. The summed E-state index contributed by atoms with van der Waals surface area (Å²) in [7, 11) is 0. The van der Waals surface area contributed by atoms with E-state index in [9.17, 15) is 9.59 Å². The highest BCUT2D eigenvalue weighted by molar-refractivity contribution is 5.77. The smallest absolute Gasteiger partial charge is 0.130 e. The molecule has 0 aliphatic heterocycles. The Hall–Kier alpha value is -0.920. The van der Waals surface area contributed by atoms with Crippen molar-refractivity contribution >= 4 is 12.6 Å². The van der Waals surface area contributed by atoms with Gasteiger partial charge >= 0.3 is 0 Å². The first-order valence-corrected chi connectivity index (χ1v) is 3.36. The van der Waals surface area contributed by atoms with E-state index in [1.807, 2.05) is 0 Å². The number of carbonyl (C=O) groups excluding carboxylic acids is 2. The Morgan fingerprint density at radius 3 is 2.30 bits per heavy atom. The van der Waals surface area contributed by atoms with Gasteiger partial charge < -0.3 is 9.59 Å². The molecule has 0 aromatic rings. The number of hydrogen-bond donors (Lipinski definition) is 0. The fourth-order valence-corrected chi connectivity index (χ4v) is 0.666. The Bertz CT molecular complexity index is 110. The minimum absolute atomic E-state index is 0.403. The molecule has 2 nitrogen and oxygen atoms in total. The monoisotopic (exact) mass is 140 g/mol. The summed E-state index contributed by atoms with van der Waals surface area (Å²) < 4.78 is 0. The van der Waals surface area contributed by atoms with Crippen LogP contribution in [0.2, 0.25) is 0 Å². The van der Waals surface area contributed by atoms with Gasteiger partial charge in [0.25, 0.3) is 0 Å². The fourth-order valence-electron chi connectivity index (χ4n) is 0.666. The van der Waals surface area contributed by atoms with Crippen LogP contribution in [0.4, 0.5) is 0 Å². The minimum atomic E-state index is -0.403. The summed E-state index contributed by atoms with van der Waals surface area (Å²) in [6.45, 7) is 3.53. The van der Waals surface area contributed by atoms with Crippen molar-refractivity contribution in [1.82, 2.24) is 0 Å². The van der Waals surface area contributed by atoms with Crippen LogP contribution in [-0.2, 0) is 9.59 Å². The van der Waals surface area contributed by atoms with Gasteiger partial charge in [-0.15, -0.1) is 6.58 Å². The highest BCUT2D eigenvalue weighted by Crippen LogP contribution is 2.03. The lowest BCUT2D eigenvalue weighted by Gasteiger charge is -1.97. The van der Waals surface area contributed by atoms with Gasteiger partial charge in [0, 0.05) is 0 Å². The molecule has 0 atom stereocenters. The first-order valence-electron chi connectivity index (χ1n) is 3.36. The van der Waals surface area contributed by atoms with Gasteiger partial charge in [0.05, 0.1) is 5.92 Å². The number of aldehydes is 2. The first kappa shape index (κ1) is 9.08. The average Bonchev–Trinajstić information content (AvgIpc) is 1.99. The second kappa shape index (κ2) is 6.20. The molecule has 0 bridgehead atoms. The molecule has 0 unspecified atom stereocenters. The third kappa shape index (κ3) is 4.01. The van der Waals surface area contributed by atoms with E-state index >= 15 is 0 Å². The van der Waals surface area contributed by atoms with E-state index in [1.165, 1.54) is 0 Å². The van der Waals surface area contributed by atoms with Gasteiger partial charge in [0.15, 0.2) is 0 Å². The second-order valence-corrected chi connectivity index (χ2v) is 2.16. The largest absolute Gasteiger partial charge is 0.303 e. The number of carbonyl (C=O) groups is 2. The third-order valence-corrected chi connectivity index (χ3v) is 1.30. The highest BCUT2D eigenvalue weighted by Gasteiger charge is 2.02. The van der Waals surface area contributed by atoms with Crippen LogP contribution in [0.15, 0.2) is 12.7 Å². The van der Waals surface area contributed by atoms with Crippen molar-refractivity contribution in [1.29, 1.82) is 0 Å². The van der Waals surface area contributed by atoms with E-state index in [4.69, 9.17) is 0 Å². The molecule has 0 aliphatic rings. The van der Waals surface area contributed by atoms with E-state index in [0.717, 1.165) is 12.8 Å². The average molecular weight is 140 g/mol. The Labute approximate surface area is 60.9 Å². The first-order chi connectivity index (χ1) is 4.85. The van der Waals surface area contributed by atoms with Crippen LogP contribution in [0.3, 0.4) is 0 Å². The van der Waals surface area contributed by atoms with E-state index in [-0.39, 0.29) is 0 Å². The van der Waals surface area contributed by atoms with Crippen LogP contribution in [0, 0.1) is 5.92 Å². The zero-order chi connectivity index (χ0) is 7.82. The van der Waals surface area contributed by atoms with Crippen LogP contribution in [0.1, 0.15) is 19.3 Å². The number of rotatable bonds is 6. The molecule has 0 aromatic carbocycles. The standard InChI is InChI=1S/C8H12O2/c1-2-3-4-5-8(6-9)7-10/h2,6-8H,1,3-5H2. The summed E-state index contributed by atoms with van der Waals surface area (Å²) in [5.41, 5.74) is 0. The van der Waals surface area contributed by atoms with Gasteiger partial charge in [-0.05, 0) is 19.3 Å². The molecule has 0 N–H and O–H groups in total. The predicted molar refractivity (Wildman–Crippen MR) is 39.7 cm³/mol. The van der Waals surface area contributed by atoms with Crippen molar-refractivity contribution in [3.63, 3.8) is 0 Å². The predicted octanol–water partition coefficient (Wildman–Crippen LogP) is 1.36. The van der Waals surface area contributed by atoms with E-state index < -0.39 is 5.92 Å². The fraction of sp³-hybridized carbons (Fsp3) is 0.500. The SMILES string of the molecule is C=CCCCC(C=O)C=O. The molecule has 0 fully saturated rings. The molecule has 0 heterocycles. The van der Waals surface area contributed by atoms with E-state index in [0.29, 0.717) is 19.0 Å². The lowest BCUT2D eigenvalue weighted by atomic mass is 10.1. The van der Waals surface area contributed by atoms with Gasteiger partial charge in [-0.2, -0.15) is 0 Å². The van der Waals surface area contributed by atoms with Gasteiger partial charge in [-0.3, -0.25) is 0 Å². The van der Waals surface area contributed by atoms with Crippen molar-refractivity contribution in [3.8, 4) is 0 Å². The summed E-state index contributed by atoms with van der Waals surface area (Å²) >= 11 is 0. The Balaban J connectivity index is 3.34. The molecule has 0 amide bonds. The Morgan fingerprint density at radius 2 is 1.90 bits per heavy atom. The zero-order valence-electron chi connectivity index (χ0n) is 5.95. The minimum Gasteiger partial charge on any atom is -0.303 e. The summed E-state index contributed by atoms with van der Waals surface area (Å²) in [6, 6.07) is 0. The maximum Gasteiger partial charge on any atom is 0.130 e. The third-order valence-electron chi connectivity index (χ3n) is 1.30. The van der Waals surface area contributed by atoms with Crippen molar-refractivity contribution in [2.45, 2.75) is 19.3 Å². The van der Waals surface area contributed by atoms with Crippen molar-refractivity contribution in [2.75, 3.05) is 0 Å². The molecule has 10 heavy (non-hydrogen) atoms. The van der Waals surface area contributed by atoms with E-state index in [1.54, 1.807) is 6.08 Å². The molecule has 0 rings (SSSR count). The maximum absolute atomic E-state index is 10.1.